The highest BCUT2D eigenvalue weighted by atomic mass is 32.2. The normalized spacial score (nSPS) is 19.4. The average Bonchev–Trinajstić information content (AvgIpc) is 2.49. The SMILES string of the molecule is CC(C)N(CCNC(=O)C1=CN2CCS(=O)(=O)N=C2C=C1)C(C)C. The Hall–Kier alpha value is -1.67. The van der Waals surface area contributed by atoms with Crippen LogP contribution in [0.4, 0.5) is 0 Å². The molecule has 0 saturated carbocycles. The Morgan fingerprint density at radius 2 is 1.96 bits per heavy atom. The minimum absolute atomic E-state index is 0.0343. The van der Waals surface area contributed by atoms with E-state index in [2.05, 4.69) is 42.3 Å². The molecule has 7 nitrogen and oxygen atoms in total. The number of sulfonamides is 1. The van der Waals surface area contributed by atoms with Gasteiger partial charge in [0.2, 0.25) is 0 Å². The van der Waals surface area contributed by atoms with E-state index >= 15 is 0 Å². The van der Waals surface area contributed by atoms with E-state index in [0.717, 1.165) is 6.54 Å². The zero-order valence-electron chi connectivity index (χ0n) is 14.7. The second-order valence-electron chi connectivity index (χ2n) is 6.53. The lowest BCUT2D eigenvalue weighted by Crippen LogP contribution is -2.43. The van der Waals surface area contributed by atoms with Crippen molar-refractivity contribution in [3.8, 4) is 0 Å². The fourth-order valence-electron chi connectivity index (χ4n) is 2.85. The molecule has 0 aliphatic carbocycles. The summed E-state index contributed by atoms with van der Waals surface area (Å²) in [5.74, 6) is 0.169. The van der Waals surface area contributed by atoms with Crippen LogP contribution < -0.4 is 5.32 Å². The van der Waals surface area contributed by atoms with Crippen molar-refractivity contribution in [2.24, 2.45) is 4.40 Å². The summed E-state index contributed by atoms with van der Waals surface area (Å²) in [6.45, 7) is 10.2. The number of amidine groups is 1. The molecule has 0 radical (unpaired) electrons. The Morgan fingerprint density at radius 3 is 2.58 bits per heavy atom. The maximum atomic E-state index is 12.3. The first kappa shape index (κ1) is 18.7. The number of nitrogens with one attached hydrogen (secondary N) is 1. The molecule has 0 bridgehead atoms. The summed E-state index contributed by atoms with van der Waals surface area (Å²) in [6, 6.07) is 0.842. The van der Waals surface area contributed by atoms with Crippen LogP contribution in [0.15, 0.2) is 28.3 Å². The Bertz CT molecular complexity index is 669. The Morgan fingerprint density at radius 1 is 1.29 bits per heavy atom. The van der Waals surface area contributed by atoms with Crippen molar-refractivity contribution in [2.75, 3.05) is 25.4 Å². The van der Waals surface area contributed by atoms with Gasteiger partial charge in [-0.25, -0.2) is 8.42 Å². The topological polar surface area (TPSA) is 82.1 Å². The van der Waals surface area contributed by atoms with Gasteiger partial charge in [-0.15, -0.1) is 4.40 Å². The molecule has 2 aliphatic rings. The Labute approximate surface area is 144 Å². The highest BCUT2D eigenvalue weighted by Crippen LogP contribution is 2.15. The Balaban J connectivity index is 1.93. The maximum absolute atomic E-state index is 12.3. The van der Waals surface area contributed by atoms with Gasteiger partial charge in [-0.1, -0.05) is 0 Å². The lowest BCUT2D eigenvalue weighted by molar-refractivity contribution is -0.117. The molecule has 8 heteroatoms. The van der Waals surface area contributed by atoms with E-state index in [4.69, 9.17) is 0 Å². The molecular weight excluding hydrogens is 328 g/mol. The highest BCUT2D eigenvalue weighted by molar-refractivity contribution is 7.90. The predicted octanol–water partition coefficient (Wildman–Crippen LogP) is 0.719. The van der Waals surface area contributed by atoms with E-state index < -0.39 is 10.0 Å². The third-order valence-electron chi connectivity index (χ3n) is 4.07. The molecule has 2 rings (SSSR count). The maximum Gasteiger partial charge on any atom is 0.256 e. The van der Waals surface area contributed by atoms with Crippen molar-refractivity contribution < 1.29 is 13.2 Å². The van der Waals surface area contributed by atoms with Crippen LogP contribution in [0, 0.1) is 0 Å². The first-order valence-corrected chi connectivity index (χ1v) is 9.83. The van der Waals surface area contributed by atoms with Gasteiger partial charge in [0.25, 0.3) is 15.9 Å². The first-order chi connectivity index (χ1) is 11.2. The van der Waals surface area contributed by atoms with Crippen LogP contribution in [-0.4, -0.2) is 67.4 Å². The van der Waals surface area contributed by atoms with Gasteiger partial charge in [-0.3, -0.25) is 9.69 Å². The van der Waals surface area contributed by atoms with Crippen LogP contribution in [0.1, 0.15) is 27.7 Å². The van der Waals surface area contributed by atoms with Gasteiger partial charge in [0, 0.05) is 37.9 Å². The monoisotopic (exact) mass is 354 g/mol. The lowest BCUT2D eigenvalue weighted by atomic mass is 10.1. The van der Waals surface area contributed by atoms with Crippen LogP contribution in [0.5, 0.6) is 0 Å². The van der Waals surface area contributed by atoms with E-state index in [9.17, 15) is 13.2 Å². The molecule has 0 saturated heterocycles. The molecule has 1 amide bonds. The number of carbonyl (C=O) groups excluding carboxylic acids is 1. The lowest BCUT2D eigenvalue weighted by Gasteiger charge is -2.30. The zero-order chi connectivity index (χ0) is 17.9. The third-order valence-corrected chi connectivity index (χ3v) is 5.23. The van der Waals surface area contributed by atoms with Crippen LogP contribution in [0.3, 0.4) is 0 Å². The molecule has 1 N–H and O–H groups in total. The molecular formula is C16H26N4O3S. The van der Waals surface area contributed by atoms with E-state index in [1.807, 2.05) is 0 Å². The standard InChI is InChI=1S/C16H26N4O3S/c1-12(2)20(13(3)4)8-7-17-16(21)14-5-6-15-18-24(22,23)10-9-19(15)11-14/h5-6,11-13H,7-10H2,1-4H3,(H,17,21). The van der Waals surface area contributed by atoms with Crippen LogP contribution in [-0.2, 0) is 14.8 Å². The number of hydrogen-bond donors (Lipinski definition) is 1. The van der Waals surface area contributed by atoms with Gasteiger partial charge in [0.1, 0.15) is 5.84 Å². The summed E-state index contributed by atoms with van der Waals surface area (Å²) in [7, 11) is -3.37. The van der Waals surface area contributed by atoms with E-state index in [0.29, 0.717) is 36.6 Å². The largest absolute Gasteiger partial charge is 0.351 e. The molecule has 0 aromatic rings. The summed E-state index contributed by atoms with van der Waals surface area (Å²) >= 11 is 0. The van der Waals surface area contributed by atoms with Crippen molar-refractivity contribution >= 4 is 21.8 Å². The molecule has 0 aromatic heterocycles. The molecule has 0 atom stereocenters. The molecule has 134 valence electrons. The molecule has 24 heavy (non-hydrogen) atoms. The molecule has 0 unspecified atom stereocenters. The average molecular weight is 354 g/mol. The molecule has 0 spiro atoms. The minimum Gasteiger partial charge on any atom is -0.351 e. The first-order valence-electron chi connectivity index (χ1n) is 8.23. The highest BCUT2D eigenvalue weighted by Gasteiger charge is 2.25. The fraction of sp³-hybridized carbons (Fsp3) is 0.625. The zero-order valence-corrected chi connectivity index (χ0v) is 15.5. The number of hydrogen-bond acceptors (Lipinski definition) is 5. The van der Waals surface area contributed by atoms with Crippen LogP contribution >= 0.6 is 0 Å². The van der Waals surface area contributed by atoms with Crippen molar-refractivity contribution in [3.63, 3.8) is 0 Å². The fourth-order valence-corrected chi connectivity index (χ4v) is 3.82. The predicted molar refractivity (Wildman–Crippen MR) is 95.1 cm³/mol. The van der Waals surface area contributed by atoms with Gasteiger partial charge < -0.3 is 10.2 Å². The minimum atomic E-state index is -3.37. The Kier molecular flexibility index (Phi) is 5.82. The van der Waals surface area contributed by atoms with E-state index in [1.165, 1.54) is 0 Å². The van der Waals surface area contributed by atoms with Gasteiger partial charge >= 0.3 is 0 Å². The van der Waals surface area contributed by atoms with Crippen molar-refractivity contribution in [3.05, 3.63) is 23.9 Å². The van der Waals surface area contributed by atoms with Crippen molar-refractivity contribution in [1.82, 2.24) is 15.1 Å². The summed E-state index contributed by atoms with van der Waals surface area (Å²) in [5.41, 5.74) is 0.508. The van der Waals surface area contributed by atoms with Gasteiger partial charge in [0.15, 0.2) is 0 Å². The van der Waals surface area contributed by atoms with E-state index in [1.54, 1.807) is 23.3 Å². The molecule has 2 aliphatic heterocycles. The van der Waals surface area contributed by atoms with Gasteiger partial charge in [-0.2, -0.15) is 0 Å². The van der Waals surface area contributed by atoms with Crippen LogP contribution in [0.25, 0.3) is 0 Å². The third kappa shape index (κ3) is 4.67. The summed E-state index contributed by atoms with van der Waals surface area (Å²) in [4.78, 5) is 16.3. The molecule has 2 heterocycles. The molecule has 0 fully saturated rings. The van der Waals surface area contributed by atoms with Crippen molar-refractivity contribution in [2.45, 2.75) is 39.8 Å². The summed E-state index contributed by atoms with van der Waals surface area (Å²) in [6.07, 6.45) is 4.83. The second kappa shape index (κ2) is 7.48. The summed E-state index contributed by atoms with van der Waals surface area (Å²) < 4.78 is 26.7. The summed E-state index contributed by atoms with van der Waals surface area (Å²) in [5, 5.41) is 2.92. The second-order valence-corrected chi connectivity index (χ2v) is 8.28. The number of nitrogens with zero attached hydrogens (tertiary/aromatic N) is 3. The number of amides is 1. The van der Waals surface area contributed by atoms with Crippen molar-refractivity contribution in [1.29, 1.82) is 0 Å². The number of carbonyl (C=O) groups is 1. The number of rotatable bonds is 6. The number of fused-ring (bicyclic) bond motifs is 1. The molecule has 0 aromatic carbocycles. The quantitative estimate of drug-likeness (QED) is 0.760. The van der Waals surface area contributed by atoms with E-state index in [-0.39, 0.29) is 11.7 Å². The van der Waals surface area contributed by atoms with Gasteiger partial charge in [-0.05, 0) is 39.8 Å². The smallest absolute Gasteiger partial charge is 0.256 e. The van der Waals surface area contributed by atoms with Crippen LogP contribution in [0.2, 0.25) is 0 Å². The van der Waals surface area contributed by atoms with Gasteiger partial charge in [0.05, 0.1) is 11.3 Å².